The molecule has 1 N–H and O–H groups in total. The zero-order valence-electron chi connectivity index (χ0n) is 10.2. The molecule has 1 aromatic rings. The summed E-state index contributed by atoms with van der Waals surface area (Å²) >= 11 is 0. The predicted molar refractivity (Wildman–Crippen MR) is 61.6 cm³/mol. The Kier molecular flexibility index (Phi) is 3.45. The zero-order chi connectivity index (χ0) is 13.1. The lowest BCUT2D eigenvalue weighted by atomic mass is 10.1. The summed E-state index contributed by atoms with van der Waals surface area (Å²) in [4.78, 5) is 10.6. The molecule has 0 aliphatic carbocycles. The Balaban J connectivity index is 2.42. The highest BCUT2D eigenvalue weighted by atomic mass is 16.7. The first-order valence-electron chi connectivity index (χ1n) is 5.42. The van der Waals surface area contributed by atoms with Crippen molar-refractivity contribution in [1.82, 2.24) is 0 Å². The van der Waals surface area contributed by atoms with E-state index in [0.29, 0.717) is 29.4 Å². The third-order valence-electron chi connectivity index (χ3n) is 2.67. The lowest BCUT2D eigenvalue weighted by molar-refractivity contribution is -0.136. The van der Waals surface area contributed by atoms with Gasteiger partial charge in [-0.1, -0.05) is 0 Å². The van der Waals surface area contributed by atoms with Crippen molar-refractivity contribution in [2.45, 2.75) is 12.8 Å². The van der Waals surface area contributed by atoms with Gasteiger partial charge < -0.3 is 24.1 Å². The molecule has 0 spiro atoms. The highest BCUT2D eigenvalue weighted by Gasteiger charge is 2.26. The van der Waals surface area contributed by atoms with Crippen molar-refractivity contribution < 1.29 is 28.8 Å². The Hall–Kier alpha value is -2.11. The normalized spacial score (nSPS) is 12.3. The third-order valence-corrected chi connectivity index (χ3v) is 2.67. The van der Waals surface area contributed by atoms with Gasteiger partial charge in [-0.3, -0.25) is 4.79 Å². The smallest absolute Gasteiger partial charge is 0.303 e. The molecule has 0 unspecified atom stereocenters. The van der Waals surface area contributed by atoms with Gasteiger partial charge in [-0.15, -0.1) is 0 Å². The number of ether oxygens (including phenoxy) is 4. The van der Waals surface area contributed by atoms with E-state index >= 15 is 0 Å². The van der Waals surface area contributed by atoms with E-state index in [2.05, 4.69) is 0 Å². The van der Waals surface area contributed by atoms with Gasteiger partial charge in [0, 0.05) is 12.0 Å². The summed E-state index contributed by atoms with van der Waals surface area (Å²) in [7, 11) is 3.01. The van der Waals surface area contributed by atoms with Crippen LogP contribution in [0.3, 0.4) is 0 Å². The van der Waals surface area contributed by atoms with Crippen molar-refractivity contribution in [3.63, 3.8) is 0 Å². The highest BCUT2D eigenvalue weighted by Crippen LogP contribution is 2.49. The van der Waals surface area contributed by atoms with Crippen LogP contribution in [-0.4, -0.2) is 32.1 Å². The number of carbonyl (C=O) groups is 1. The number of carboxylic acids is 1. The number of methoxy groups -OCH3 is 2. The standard InChI is InChI=1S/C12H14O6/c1-15-10-7(3-4-9(13)14)5-8-11(12(10)16-2)18-6-17-8/h5H,3-4,6H2,1-2H3,(H,13,14). The van der Waals surface area contributed by atoms with Gasteiger partial charge >= 0.3 is 5.97 Å². The predicted octanol–water partition coefficient (Wildman–Crippen LogP) is 1.45. The number of fused-ring (bicyclic) bond motifs is 1. The third kappa shape index (κ3) is 2.13. The minimum Gasteiger partial charge on any atom is -0.492 e. The molecule has 0 atom stereocenters. The average Bonchev–Trinajstić information content (AvgIpc) is 2.81. The maximum Gasteiger partial charge on any atom is 0.303 e. The van der Waals surface area contributed by atoms with Crippen molar-refractivity contribution in [2.75, 3.05) is 21.0 Å². The van der Waals surface area contributed by atoms with Gasteiger partial charge in [0.15, 0.2) is 11.5 Å². The second kappa shape index (κ2) is 5.03. The summed E-state index contributed by atoms with van der Waals surface area (Å²) in [6, 6.07) is 1.73. The lowest BCUT2D eigenvalue weighted by Crippen LogP contribution is -2.01. The summed E-state index contributed by atoms with van der Waals surface area (Å²) < 4.78 is 21.1. The van der Waals surface area contributed by atoms with Gasteiger partial charge in [0.25, 0.3) is 0 Å². The summed E-state index contributed by atoms with van der Waals surface area (Å²) in [6.45, 7) is 0.122. The first-order chi connectivity index (χ1) is 8.67. The molecule has 0 aromatic heterocycles. The van der Waals surface area contributed by atoms with E-state index in [1.165, 1.54) is 14.2 Å². The number of hydrogen-bond acceptors (Lipinski definition) is 5. The minimum atomic E-state index is -0.867. The summed E-state index contributed by atoms with van der Waals surface area (Å²) in [5.74, 6) is 1.10. The van der Waals surface area contributed by atoms with Gasteiger partial charge in [0.2, 0.25) is 18.3 Å². The van der Waals surface area contributed by atoms with E-state index in [9.17, 15) is 4.79 Å². The number of aliphatic carboxylic acids is 1. The van der Waals surface area contributed by atoms with Crippen LogP contribution in [0.2, 0.25) is 0 Å². The number of carboxylic acid groups (broad SMARTS) is 1. The Morgan fingerprint density at radius 2 is 2.06 bits per heavy atom. The van der Waals surface area contributed by atoms with Crippen LogP contribution >= 0.6 is 0 Å². The number of benzene rings is 1. The van der Waals surface area contributed by atoms with Crippen molar-refractivity contribution in [3.05, 3.63) is 11.6 Å². The van der Waals surface area contributed by atoms with E-state index in [1.54, 1.807) is 6.07 Å². The second-order valence-electron chi connectivity index (χ2n) is 3.73. The lowest BCUT2D eigenvalue weighted by Gasteiger charge is -2.14. The Labute approximate surface area is 104 Å². The van der Waals surface area contributed by atoms with Gasteiger partial charge in [0.1, 0.15) is 0 Å². The number of rotatable bonds is 5. The molecule has 98 valence electrons. The van der Waals surface area contributed by atoms with Crippen LogP contribution in [0.1, 0.15) is 12.0 Å². The topological polar surface area (TPSA) is 74.2 Å². The van der Waals surface area contributed by atoms with Crippen molar-refractivity contribution in [2.24, 2.45) is 0 Å². The highest BCUT2D eigenvalue weighted by molar-refractivity contribution is 5.69. The van der Waals surface area contributed by atoms with Crippen molar-refractivity contribution in [3.8, 4) is 23.0 Å². The largest absolute Gasteiger partial charge is 0.492 e. The van der Waals surface area contributed by atoms with E-state index in [0.717, 1.165) is 5.56 Å². The molecule has 18 heavy (non-hydrogen) atoms. The molecule has 0 saturated carbocycles. The zero-order valence-corrected chi connectivity index (χ0v) is 10.2. The van der Waals surface area contributed by atoms with Crippen LogP contribution in [0.4, 0.5) is 0 Å². The molecular formula is C12H14O6. The molecular weight excluding hydrogens is 240 g/mol. The number of hydrogen-bond donors (Lipinski definition) is 1. The van der Waals surface area contributed by atoms with E-state index < -0.39 is 5.97 Å². The van der Waals surface area contributed by atoms with Gasteiger partial charge in [-0.05, 0) is 12.5 Å². The van der Waals surface area contributed by atoms with Crippen LogP contribution in [0.5, 0.6) is 23.0 Å². The van der Waals surface area contributed by atoms with Crippen molar-refractivity contribution in [1.29, 1.82) is 0 Å². The summed E-state index contributed by atoms with van der Waals surface area (Å²) in [6.07, 6.45) is 0.352. The Bertz CT molecular complexity index is 468. The second-order valence-corrected chi connectivity index (χ2v) is 3.73. The minimum absolute atomic E-state index is 0.0131. The van der Waals surface area contributed by atoms with Gasteiger partial charge in [0.05, 0.1) is 14.2 Å². The molecule has 6 heteroatoms. The van der Waals surface area contributed by atoms with E-state index in [4.69, 9.17) is 24.1 Å². The van der Waals surface area contributed by atoms with Crippen LogP contribution in [0.25, 0.3) is 0 Å². The molecule has 6 nitrogen and oxygen atoms in total. The van der Waals surface area contributed by atoms with E-state index in [1.807, 2.05) is 0 Å². The summed E-state index contributed by atoms with van der Waals surface area (Å²) in [5, 5.41) is 8.73. The summed E-state index contributed by atoms with van der Waals surface area (Å²) in [5.41, 5.74) is 0.723. The van der Waals surface area contributed by atoms with Gasteiger partial charge in [-0.2, -0.15) is 0 Å². The molecule has 1 aliphatic rings. The SMILES string of the molecule is COc1c(CCC(=O)O)cc2c(c1OC)OCO2. The maximum absolute atomic E-state index is 10.6. The van der Waals surface area contributed by atoms with Crippen LogP contribution in [-0.2, 0) is 11.2 Å². The maximum atomic E-state index is 10.6. The Morgan fingerprint density at radius 3 is 2.67 bits per heavy atom. The molecule has 0 fully saturated rings. The fourth-order valence-electron chi connectivity index (χ4n) is 1.88. The van der Waals surface area contributed by atoms with Crippen LogP contribution in [0.15, 0.2) is 6.07 Å². The average molecular weight is 254 g/mol. The first-order valence-corrected chi connectivity index (χ1v) is 5.42. The quantitative estimate of drug-likeness (QED) is 0.857. The van der Waals surface area contributed by atoms with Crippen LogP contribution in [0, 0.1) is 0 Å². The molecule has 0 bridgehead atoms. The van der Waals surface area contributed by atoms with Crippen molar-refractivity contribution >= 4 is 5.97 Å². The molecule has 0 radical (unpaired) electrons. The Morgan fingerprint density at radius 1 is 1.33 bits per heavy atom. The molecule has 0 saturated heterocycles. The molecule has 1 aromatic carbocycles. The monoisotopic (exact) mass is 254 g/mol. The first kappa shape index (κ1) is 12.3. The van der Waals surface area contributed by atoms with E-state index in [-0.39, 0.29) is 13.2 Å². The fraction of sp³-hybridized carbons (Fsp3) is 0.417. The molecule has 1 heterocycles. The van der Waals surface area contributed by atoms with Gasteiger partial charge in [-0.25, -0.2) is 0 Å². The van der Waals surface area contributed by atoms with Crippen LogP contribution < -0.4 is 18.9 Å². The molecule has 1 aliphatic heterocycles. The fourth-order valence-corrected chi connectivity index (χ4v) is 1.88. The number of aryl methyl sites for hydroxylation is 1. The molecule has 0 amide bonds. The molecule has 2 rings (SSSR count).